The van der Waals surface area contributed by atoms with Crippen molar-refractivity contribution in [1.29, 1.82) is 0 Å². The molecule has 0 aromatic carbocycles. The van der Waals surface area contributed by atoms with Crippen molar-refractivity contribution in [1.82, 2.24) is 9.80 Å². The van der Waals surface area contributed by atoms with Crippen molar-refractivity contribution in [3.8, 4) is 0 Å². The second-order valence-electron chi connectivity index (χ2n) is 6.46. The second-order valence-corrected chi connectivity index (χ2v) is 6.46. The predicted molar refractivity (Wildman–Crippen MR) is 72.2 cm³/mol. The van der Waals surface area contributed by atoms with Crippen LogP contribution in [0, 0.1) is 5.92 Å². The molecule has 0 spiro atoms. The molecule has 2 saturated heterocycles. The molecule has 2 heteroatoms. The fourth-order valence-electron chi connectivity index (χ4n) is 3.93. The Balaban J connectivity index is 1.60. The van der Waals surface area contributed by atoms with Gasteiger partial charge in [-0.3, -0.25) is 9.80 Å². The quantitative estimate of drug-likeness (QED) is 0.743. The summed E-state index contributed by atoms with van der Waals surface area (Å²) in [4.78, 5) is 5.63. The molecule has 0 aromatic rings. The smallest absolute Gasteiger partial charge is 0.0223 e. The minimum absolute atomic E-state index is 0.852. The van der Waals surface area contributed by atoms with Crippen LogP contribution in [-0.2, 0) is 0 Å². The van der Waals surface area contributed by atoms with Gasteiger partial charge >= 0.3 is 0 Å². The Kier molecular flexibility index (Phi) is 3.72. The van der Waals surface area contributed by atoms with E-state index in [1.54, 1.807) is 0 Å². The summed E-state index contributed by atoms with van der Waals surface area (Å²) < 4.78 is 0. The van der Waals surface area contributed by atoms with Gasteiger partial charge in [-0.1, -0.05) is 19.8 Å². The standard InChI is InChI=1S/C15H28N2/c1-2-14-11-16-9-4-3-8-15(16)12-17(14)10-13-6-5-7-13/h13-15H,2-12H2,1H3. The normalized spacial score (nSPS) is 36.5. The van der Waals surface area contributed by atoms with E-state index >= 15 is 0 Å². The average Bonchev–Trinajstić information content (AvgIpc) is 2.32. The van der Waals surface area contributed by atoms with Gasteiger partial charge in [0.2, 0.25) is 0 Å². The number of piperidine rings is 1. The zero-order chi connectivity index (χ0) is 11.7. The maximum absolute atomic E-state index is 2.84. The van der Waals surface area contributed by atoms with Crippen LogP contribution in [0.15, 0.2) is 0 Å². The summed E-state index contributed by atoms with van der Waals surface area (Å²) in [7, 11) is 0. The van der Waals surface area contributed by atoms with Crippen molar-refractivity contribution in [2.75, 3.05) is 26.2 Å². The maximum Gasteiger partial charge on any atom is 0.0223 e. The molecule has 17 heavy (non-hydrogen) atoms. The lowest BCUT2D eigenvalue weighted by atomic mass is 9.84. The Morgan fingerprint density at radius 1 is 1.00 bits per heavy atom. The molecular formula is C15H28N2. The van der Waals surface area contributed by atoms with Crippen molar-refractivity contribution < 1.29 is 0 Å². The van der Waals surface area contributed by atoms with E-state index in [9.17, 15) is 0 Å². The first-order valence-electron chi connectivity index (χ1n) is 7.85. The molecule has 98 valence electrons. The molecule has 0 radical (unpaired) electrons. The number of fused-ring (bicyclic) bond motifs is 1. The van der Waals surface area contributed by atoms with Crippen LogP contribution in [0.25, 0.3) is 0 Å². The number of hydrogen-bond acceptors (Lipinski definition) is 2. The van der Waals surface area contributed by atoms with Crippen molar-refractivity contribution in [3.05, 3.63) is 0 Å². The van der Waals surface area contributed by atoms with Gasteiger partial charge in [-0.05, 0) is 44.6 Å². The number of hydrogen-bond donors (Lipinski definition) is 0. The molecule has 2 nitrogen and oxygen atoms in total. The van der Waals surface area contributed by atoms with Crippen LogP contribution in [0.3, 0.4) is 0 Å². The molecule has 0 bridgehead atoms. The Bertz CT molecular complexity index is 249. The van der Waals surface area contributed by atoms with E-state index in [2.05, 4.69) is 16.7 Å². The topological polar surface area (TPSA) is 6.48 Å². The van der Waals surface area contributed by atoms with Crippen molar-refractivity contribution in [3.63, 3.8) is 0 Å². The van der Waals surface area contributed by atoms with Crippen molar-refractivity contribution in [2.24, 2.45) is 5.92 Å². The summed E-state index contributed by atoms with van der Waals surface area (Å²) in [5.74, 6) is 1.04. The molecule has 3 fully saturated rings. The first-order valence-corrected chi connectivity index (χ1v) is 7.85. The van der Waals surface area contributed by atoms with Crippen molar-refractivity contribution in [2.45, 2.75) is 64.0 Å². The highest BCUT2D eigenvalue weighted by molar-refractivity contribution is 4.91. The van der Waals surface area contributed by atoms with Crippen LogP contribution in [0.5, 0.6) is 0 Å². The SMILES string of the molecule is CCC1CN2CCCCC2CN1CC1CCC1. The Morgan fingerprint density at radius 3 is 2.59 bits per heavy atom. The highest BCUT2D eigenvalue weighted by Gasteiger charge is 2.35. The molecule has 0 aromatic heterocycles. The molecule has 3 rings (SSSR count). The molecular weight excluding hydrogens is 208 g/mol. The van der Waals surface area contributed by atoms with Gasteiger partial charge in [-0.25, -0.2) is 0 Å². The van der Waals surface area contributed by atoms with Gasteiger partial charge in [0.1, 0.15) is 0 Å². The van der Waals surface area contributed by atoms with E-state index in [1.807, 2.05) is 0 Å². The molecule has 0 amide bonds. The lowest BCUT2D eigenvalue weighted by Crippen LogP contribution is -2.60. The van der Waals surface area contributed by atoms with Gasteiger partial charge in [-0.2, -0.15) is 0 Å². The van der Waals surface area contributed by atoms with Crippen LogP contribution in [0.4, 0.5) is 0 Å². The first kappa shape index (κ1) is 12.0. The third-order valence-corrected chi connectivity index (χ3v) is 5.34. The summed E-state index contributed by atoms with van der Waals surface area (Å²) >= 11 is 0. The van der Waals surface area contributed by atoms with Gasteiger partial charge < -0.3 is 0 Å². The number of rotatable bonds is 3. The Labute approximate surface area is 106 Å². The van der Waals surface area contributed by atoms with E-state index in [0.717, 1.165) is 18.0 Å². The van der Waals surface area contributed by atoms with Crippen molar-refractivity contribution >= 4 is 0 Å². The lowest BCUT2D eigenvalue weighted by molar-refractivity contribution is -0.00614. The molecule has 2 atom stereocenters. The summed E-state index contributed by atoms with van der Waals surface area (Å²) in [6.45, 7) is 7.88. The maximum atomic E-state index is 2.84. The van der Waals surface area contributed by atoms with Crippen LogP contribution in [0.1, 0.15) is 51.9 Å². The van der Waals surface area contributed by atoms with Crippen LogP contribution in [0.2, 0.25) is 0 Å². The molecule has 1 saturated carbocycles. The molecule has 2 unspecified atom stereocenters. The zero-order valence-electron chi connectivity index (χ0n) is 11.4. The van der Waals surface area contributed by atoms with Crippen LogP contribution in [-0.4, -0.2) is 48.1 Å². The fourth-order valence-corrected chi connectivity index (χ4v) is 3.93. The summed E-state index contributed by atoms with van der Waals surface area (Å²) in [6, 6.07) is 1.75. The molecule has 0 N–H and O–H groups in total. The zero-order valence-corrected chi connectivity index (χ0v) is 11.4. The van der Waals surface area contributed by atoms with E-state index in [4.69, 9.17) is 0 Å². The summed E-state index contributed by atoms with van der Waals surface area (Å²) in [6.07, 6.45) is 10.2. The predicted octanol–water partition coefficient (Wildman–Crippen LogP) is 2.74. The third kappa shape index (κ3) is 2.53. The van der Waals surface area contributed by atoms with E-state index in [0.29, 0.717) is 0 Å². The van der Waals surface area contributed by atoms with Gasteiger partial charge in [0.05, 0.1) is 0 Å². The highest BCUT2D eigenvalue weighted by atomic mass is 15.3. The van der Waals surface area contributed by atoms with Gasteiger partial charge in [0.15, 0.2) is 0 Å². The van der Waals surface area contributed by atoms with E-state index < -0.39 is 0 Å². The van der Waals surface area contributed by atoms with Gasteiger partial charge in [-0.15, -0.1) is 0 Å². The lowest BCUT2D eigenvalue weighted by Gasteiger charge is -2.49. The minimum atomic E-state index is 0.852. The second kappa shape index (κ2) is 5.27. The fraction of sp³-hybridized carbons (Fsp3) is 1.00. The van der Waals surface area contributed by atoms with Gasteiger partial charge in [0, 0.05) is 31.7 Å². The van der Waals surface area contributed by atoms with Crippen LogP contribution >= 0.6 is 0 Å². The van der Waals surface area contributed by atoms with Gasteiger partial charge in [0.25, 0.3) is 0 Å². The highest BCUT2D eigenvalue weighted by Crippen LogP contribution is 2.31. The molecule has 1 aliphatic carbocycles. The van der Waals surface area contributed by atoms with E-state index in [-0.39, 0.29) is 0 Å². The summed E-state index contributed by atoms with van der Waals surface area (Å²) in [5.41, 5.74) is 0. The van der Waals surface area contributed by atoms with E-state index in [1.165, 1.54) is 71.1 Å². The number of nitrogens with zero attached hydrogens (tertiary/aromatic N) is 2. The van der Waals surface area contributed by atoms with Crippen LogP contribution < -0.4 is 0 Å². The Morgan fingerprint density at radius 2 is 1.88 bits per heavy atom. The molecule has 2 aliphatic heterocycles. The largest absolute Gasteiger partial charge is 0.298 e. The summed E-state index contributed by atoms with van der Waals surface area (Å²) in [5, 5.41) is 0. The molecule has 3 aliphatic rings. The monoisotopic (exact) mass is 236 g/mol. The number of piperazine rings is 1. The average molecular weight is 236 g/mol. The molecule has 2 heterocycles. The Hall–Kier alpha value is -0.0800. The minimum Gasteiger partial charge on any atom is -0.298 e. The first-order chi connectivity index (χ1) is 8.36. The third-order valence-electron chi connectivity index (χ3n) is 5.34.